The summed E-state index contributed by atoms with van der Waals surface area (Å²) in [7, 11) is 0. The zero-order valence-electron chi connectivity index (χ0n) is 10.7. The molecule has 6 nitrogen and oxygen atoms in total. The van der Waals surface area contributed by atoms with Crippen LogP contribution in [0.4, 0.5) is 5.69 Å². The van der Waals surface area contributed by atoms with Gasteiger partial charge in [-0.2, -0.15) is 0 Å². The van der Waals surface area contributed by atoms with Crippen molar-refractivity contribution in [3.63, 3.8) is 0 Å². The fourth-order valence-electron chi connectivity index (χ4n) is 1.67. The number of aryl methyl sites for hydroxylation is 1. The van der Waals surface area contributed by atoms with Crippen LogP contribution in [0.15, 0.2) is 24.5 Å². The van der Waals surface area contributed by atoms with Crippen molar-refractivity contribution in [3.8, 4) is 5.69 Å². The van der Waals surface area contributed by atoms with Crippen molar-refractivity contribution in [2.75, 3.05) is 5.32 Å². The van der Waals surface area contributed by atoms with Gasteiger partial charge in [-0.1, -0.05) is 22.9 Å². The van der Waals surface area contributed by atoms with E-state index in [0.717, 1.165) is 23.4 Å². The monoisotopic (exact) mass is 323 g/mol. The highest BCUT2D eigenvalue weighted by Crippen LogP contribution is 2.18. The summed E-state index contributed by atoms with van der Waals surface area (Å²) in [6.45, 7) is 3.89. The molecule has 7 heteroatoms. The van der Waals surface area contributed by atoms with Crippen molar-refractivity contribution in [3.05, 3.63) is 30.1 Å². The summed E-state index contributed by atoms with van der Waals surface area (Å²) in [5.41, 5.74) is 2.62. The third-order valence-corrected chi connectivity index (χ3v) is 3.77. The van der Waals surface area contributed by atoms with Gasteiger partial charge in [-0.25, -0.2) is 4.68 Å². The van der Waals surface area contributed by atoms with E-state index in [1.807, 2.05) is 32.0 Å². The number of hydrogen-bond acceptors (Lipinski definition) is 4. The number of rotatable bonds is 4. The van der Waals surface area contributed by atoms with Crippen molar-refractivity contribution < 1.29 is 4.79 Å². The third-order valence-electron chi connectivity index (χ3n) is 2.70. The number of nitrogens with zero attached hydrogens (tertiary/aromatic N) is 4. The van der Waals surface area contributed by atoms with Crippen LogP contribution in [0.5, 0.6) is 0 Å². The highest BCUT2D eigenvalue weighted by atomic mass is 79.9. The van der Waals surface area contributed by atoms with Gasteiger partial charge < -0.3 is 5.32 Å². The largest absolute Gasteiger partial charge is 0.325 e. The second kappa shape index (κ2) is 5.92. The standard InChI is InChI=1S/C12H14BrN5O/c1-3-10(13)12(19)15-9-4-5-11(8(2)6-9)18-7-14-16-17-18/h4-7,10H,3H2,1-2H3,(H,15,19). The highest BCUT2D eigenvalue weighted by Gasteiger charge is 2.13. The van der Waals surface area contributed by atoms with E-state index in [4.69, 9.17) is 0 Å². The van der Waals surface area contributed by atoms with Crippen LogP contribution in [-0.2, 0) is 4.79 Å². The molecule has 19 heavy (non-hydrogen) atoms. The molecule has 0 fully saturated rings. The molecule has 0 saturated carbocycles. The summed E-state index contributed by atoms with van der Waals surface area (Å²) in [6.07, 6.45) is 2.28. The Morgan fingerprint density at radius 2 is 2.32 bits per heavy atom. The molecule has 100 valence electrons. The zero-order valence-corrected chi connectivity index (χ0v) is 12.3. The van der Waals surface area contributed by atoms with Crippen LogP contribution in [0, 0.1) is 6.92 Å². The maximum atomic E-state index is 11.8. The fraction of sp³-hybridized carbons (Fsp3) is 0.333. The summed E-state index contributed by atoms with van der Waals surface area (Å²) in [4.78, 5) is 11.6. The summed E-state index contributed by atoms with van der Waals surface area (Å²) in [5, 5.41) is 13.9. The molecule has 0 radical (unpaired) electrons. The molecule has 1 amide bonds. The fourth-order valence-corrected chi connectivity index (χ4v) is 1.78. The zero-order chi connectivity index (χ0) is 13.8. The number of carbonyl (C=O) groups excluding carboxylic acids is 1. The number of tetrazole rings is 1. The van der Waals surface area contributed by atoms with E-state index >= 15 is 0 Å². The van der Waals surface area contributed by atoms with Gasteiger partial charge in [0.1, 0.15) is 6.33 Å². The van der Waals surface area contributed by atoms with Crippen molar-refractivity contribution in [1.29, 1.82) is 0 Å². The molecule has 0 saturated heterocycles. The van der Waals surface area contributed by atoms with E-state index in [-0.39, 0.29) is 10.7 Å². The normalized spacial score (nSPS) is 12.2. The van der Waals surface area contributed by atoms with Crippen molar-refractivity contribution in [2.45, 2.75) is 25.1 Å². The first kappa shape index (κ1) is 13.7. The molecule has 0 bridgehead atoms. The lowest BCUT2D eigenvalue weighted by Gasteiger charge is -2.11. The Morgan fingerprint density at radius 3 is 2.89 bits per heavy atom. The minimum absolute atomic E-state index is 0.0444. The topological polar surface area (TPSA) is 72.7 Å². The number of carbonyl (C=O) groups is 1. The highest BCUT2D eigenvalue weighted by molar-refractivity contribution is 9.10. The molecule has 1 aromatic heterocycles. The Kier molecular flexibility index (Phi) is 4.26. The maximum absolute atomic E-state index is 11.8. The molecule has 0 aliphatic carbocycles. The van der Waals surface area contributed by atoms with Gasteiger partial charge in [0.2, 0.25) is 5.91 Å². The van der Waals surface area contributed by atoms with Crippen molar-refractivity contribution in [1.82, 2.24) is 20.2 Å². The van der Waals surface area contributed by atoms with Crippen LogP contribution in [0.25, 0.3) is 5.69 Å². The second-order valence-electron chi connectivity index (χ2n) is 4.12. The van der Waals surface area contributed by atoms with Crippen LogP contribution in [-0.4, -0.2) is 30.9 Å². The molecular formula is C12H14BrN5O. The smallest absolute Gasteiger partial charge is 0.238 e. The average molecular weight is 324 g/mol. The number of benzene rings is 1. The molecule has 1 unspecified atom stereocenters. The lowest BCUT2D eigenvalue weighted by Crippen LogP contribution is -2.22. The van der Waals surface area contributed by atoms with Crippen LogP contribution < -0.4 is 5.32 Å². The molecule has 1 N–H and O–H groups in total. The number of nitrogens with one attached hydrogen (secondary N) is 1. The summed E-state index contributed by atoms with van der Waals surface area (Å²) >= 11 is 3.32. The minimum Gasteiger partial charge on any atom is -0.325 e. The van der Waals surface area contributed by atoms with Gasteiger partial charge in [-0.3, -0.25) is 4.79 Å². The van der Waals surface area contributed by atoms with Crippen molar-refractivity contribution >= 4 is 27.5 Å². The summed E-state index contributed by atoms with van der Waals surface area (Å²) < 4.78 is 1.58. The van der Waals surface area contributed by atoms with Crippen LogP contribution in [0.3, 0.4) is 0 Å². The second-order valence-corrected chi connectivity index (χ2v) is 5.23. The number of hydrogen-bond donors (Lipinski definition) is 1. The van der Waals surface area contributed by atoms with E-state index in [1.165, 1.54) is 6.33 Å². The van der Waals surface area contributed by atoms with Crippen LogP contribution >= 0.6 is 15.9 Å². The van der Waals surface area contributed by atoms with E-state index < -0.39 is 0 Å². The Bertz CT molecular complexity index is 570. The Morgan fingerprint density at radius 1 is 1.53 bits per heavy atom. The van der Waals surface area contributed by atoms with E-state index in [2.05, 4.69) is 36.8 Å². The SMILES string of the molecule is CCC(Br)C(=O)Nc1ccc(-n2cnnn2)c(C)c1. The average Bonchev–Trinajstić information content (AvgIpc) is 2.91. The number of amides is 1. The first-order chi connectivity index (χ1) is 9.11. The molecule has 1 atom stereocenters. The molecule has 1 aromatic carbocycles. The Labute approximate surface area is 119 Å². The predicted octanol–water partition coefficient (Wildman–Crippen LogP) is 2.08. The van der Waals surface area contributed by atoms with E-state index in [9.17, 15) is 4.79 Å². The quantitative estimate of drug-likeness (QED) is 0.874. The number of alkyl halides is 1. The van der Waals surface area contributed by atoms with Gasteiger partial charge >= 0.3 is 0 Å². The number of aromatic nitrogens is 4. The van der Waals surface area contributed by atoms with Gasteiger partial charge in [0.25, 0.3) is 0 Å². The van der Waals surface area contributed by atoms with Gasteiger partial charge in [0.05, 0.1) is 10.5 Å². The Hall–Kier alpha value is -1.76. The Balaban J connectivity index is 2.18. The first-order valence-corrected chi connectivity index (χ1v) is 6.82. The molecular weight excluding hydrogens is 310 g/mol. The molecule has 0 aliphatic rings. The van der Waals surface area contributed by atoms with E-state index in [0.29, 0.717) is 0 Å². The molecule has 1 heterocycles. The van der Waals surface area contributed by atoms with Gasteiger partial charge in [-0.15, -0.1) is 5.10 Å². The number of halogens is 1. The van der Waals surface area contributed by atoms with E-state index in [1.54, 1.807) is 4.68 Å². The van der Waals surface area contributed by atoms with Gasteiger partial charge in [-0.05, 0) is 47.5 Å². The minimum atomic E-state index is -0.174. The lowest BCUT2D eigenvalue weighted by molar-refractivity contribution is -0.115. The van der Waals surface area contributed by atoms with Crippen LogP contribution in [0.1, 0.15) is 18.9 Å². The van der Waals surface area contributed by atoms with Crippen LogP contribution in [0.2, 0.25) is 0 Å². The third kappa shape index (κ3) is 3.17. The van der Waals surface area contributed by atoms with Gasteiger partial charge in [0.15, 0.2) is 0 Å². The summed E-state index contributed by atoms with van der Waals surface area (Å²) in [6, 6.07) is 5.60. The van der Waals surface area contributed by atoms with Crippen molar-refractivity contribution in [2.24, 2.45) is 0 Å². The summed E-state index contributed by atoms with van der Waals surface area (Å²) in [5.74, 6) is -0.0444. The molecule has 2 rings (SSSR count). The first-order valence-electron chi connectivity index (χ1n) is 5.90. The predicted molar refractivity (Wildman–Crippen MR) is 75.5 cm³/mol. The number of anilines is 1. The molecule has 0 aliphatic heterocycles. The maximum Gasteiger partial charge on any atom is 0.238 e. The van der Waals surface area contributed by atoms with Gasteiger partial charge in [0, 0.05) is 5.69 Å². The lowest BCUT2D eigenvalue weighted by atomic mass is 10.1. The molecule has 2 aromatic rings. The molecule has 0 spiro atoms.